The molecule has 0 saturated heterocycles. The Morgan fingerprint density at radius 2 is 1.85 bits per heavy atom. The highest BCUT2D eigenvalue weighted by Gasteiger charge is 2.10. The second kappa shape index (κ2) is 8.27. The largest absolute Gasteiger partial charge is 0.469 e. The highest BCUT2D eigenvalue weighted by Crippen LogP contribution is 2.26. The van der Waals surface area contributed by atoms with Crippen molar-refractivity contribution in [1.82, 2.24) is 10.2 Å². The van der Waals surface area contributed by atoms with E-state index in [1.165, 1.54) is 7.11 Å². The average Bonchev–Trinajstić information content (AvgIpc) is 2.68. The maximum Gasteiger partial charge on any atom is 0.305 e. The van der Waals surface area contributed by atoms with Crippen molar-refractivity contribution in [2.45, 2.75) is 19.3 Å². The first-order valence-corrected chi connectivity index (χ1v) is 8.53. The third-order valence-electron chi connectivity index (χ3n) is 4.13. The third-order valence-corrected chi connectivity index (χ3v) is 4.13. The van der Waals surface area contributed by atoms with Crippen molar-refractivity contribution in [2.75, 3.05) is 12.4 Å². The smallest absolute Gasteiger partial charge is 0.305 e. The lowest BCUT2D eigenvalue weighted by molar-refractivity contribution is -0.140. The van der Waals surface area contributed by atoms with Crippen LogP contribution in [0.5, 0.6) is 0 Å². The van der Waals surface area contributed by atoms with Crippen molar-refractivity contribution in [2.24, 2.45) is 0 Å². The number of nitrogens with one attached hydrogen (secondary N) is 2. The van der Waals surface area contributed by atoms with Crippen LogP contribution in [0.2, 0.25) is 0 Å². The normalized spacial score (nSPS) is 10.6. The van der Waals surface area contributed by atoms with Gasteiger partial charge >= 0.3 is 5.97 Å². The first kappa shape index (κ1) is 18.3. The van der Waals surface area contributed by atoms with Crippen LogP contribution in [-0.2, 0) is 14.3 Å². The van der Waals surface area contributed by atoms with Gasteiger partial charge in [0.05, 0.1) is 18.2 Å². The number of ether oxygens (including phenoxy) is 1. The van der Waals surface area contributed by atoms with Crippen LogP contribution in [-0.4, -0.2) is 29.2 Å². The van der Waals surface area contributed by atoms with Gasteiger partial charge < -0.3 is 10.1 Å². The number of carbonyl (C=O) groups is 2. The van der Waals surface area contributed by atoms with Gasteiger partial charge in [0.1, 0.15) is 0 Å². The maximum absolute atomic E-state index is 12.1. The molecule has 2 N–H and O–H groups in total. The molecule has 0 bridgehead atoms. The SMILES string of the molecule is COC(=O)CCCC(=O)Nc1cccc(-c2n[nH]c(=O)c3ccccc23)c1. The first-order chi connectivity index (χ1) is 13.1. The van der Waals surface area contributed by atoms with Crippen LogP contribution in [0.1, 0.15) is 19.3 Å². The molecule has 3 aromatic rings. The van der Waals surface area contributed by atoms with Crippen LogP contribution < -0.4 is 10.9 Å². The second-order valence-corrected chi connectivity index (χ2v) is 6.01. The number of benzene rings is 2. The Kier molecular flexibility index (Phi) is 5.61. The van der Waals surface area contributed by atoms with Crippen molar-refractivity contribution in [3.63, 3.8) is 0 Å². The van der Waals surface area contributed by atoms with Gasteiger partial charge in [-0.25, -0.2) is 5.10 Å². The van der Waals surface area contributed by atoms with Gasteiger partial charge in [0, 0.05) is 29.5 Å². The quantitative estimate of drug-likeness (QED) is 0.654. The molecule has 0 atom stereocenters. The molecule has 7 heteroatoms. The van der Waals surface area contributed by atoms with Crippen LogP contribution in [0.3, 0.4) is 0 Å². The molecule has 0 aliphatic carbocycles. The molecule has 0 aliphatic rings. The van der Waals surface area contributed by atoms with Gasteiger partial charge in [-0.15, -0.1) is 0 Å². The summed E-state index contributed by atoms with van der Waals surface area (Å²) in [6.45, 7) is 0. The number of nitrogens with zero attached hydrogens (tertiary/aromatic N) is 1. The molecule has 1 heterocycles. The Balaban J connectivity index is 1.79. The Morgan fingerprint density at radius 1 is 1.07 bits per heavy atom. The molecule has 2 aromatic carbocycles. The van der Waals surface area contributed by atoms with E-state index in [0.717, 1.165) is 10.9 Å². The number of anilines is 1. The van der Waals surface area contributed by atoms with Crippen LogP contribution in [0.4, 0.5) is 5.69 Å². The van der Waals surface area contributed by atoms with Crippen molar-refractivity contribution in [3.05, 3.63) is 58.9 Å². The third kappa shape index (κ3) is 4.38. The van der Waals surface area contributed by atoms with Gasteiger partial charge in [0.2, 0.25) is 5.91 Å². The zero-order valence-electron chi connectivity index (χ0n) is 14.8. The minimum Gasteiger partial charge on any atom is -0.469 e. The molecule has 0 fully saturated rings. The van der Waals surface area contributed by atoms with Crippen molar-refractivity contribution >= 4 is 28.3 Å². The molecular formula is C20H19N3O4. The minimum atomic E-state index is -0.333. The van der Waals surface area contributed by atoms with E-state index in [1.807, 2.05) is 18.2 Å². The Hall–Kier alpha value is -3.48. The Morgan fingerprint density at radius 3 is 2.63 bits per heavy atom. The van der Waals surface area contributed by atoms with E-state index >= 15 is 0 Å². The van der Waals surface area contributed by atoms with E-state index in [2.05, 4.69) is 20.3 Å². The van der Waals surface area contributed by atoms with Gasteiger partial charge in [-0.3, -0.25) is 14.4 Å². The lowest BCUT2D eigenvalue weighted by atomic mass is 10.0. The number of hydrogen-bond acceptors (Lipinski definition) is 5. The monoisotopic (exact) mass is 365 g/mol. The summed E-state index contributed by atoms with van der Waals surface area (Å²) in [5.41, 5.74) is 1.78. The summed E-state index contributed by atoms with van der Waals surface area (Å²) in [5.74, 6) is -0.517. The van der Waals surface area contributed by atoms with E-state index in [4.69, 9.17) is 0 Å². The summed E-state index contributed by atoms with van der Waals surface area (Å²) in [6.07, 6.45) is 0.848. The fourth-order valence-corrected chi connectivity index (χ4v) is 2.80. The van der Waals surface area contributed by atoms with Gasteiger partial charge in [-0.2, -0.15) is 5.10 Å². The summed E-state index contributed by atoms with van der Waals surface area (Å²) < 4.78 is 4.56. The Labute approximate surface area is 155 Å². The molecule has 0 saturated carbocycles. The topological polar surface area (TPSA) is 101 Å². The predicted molar refractivity (Wildman–Crippen MR) is 102 cm³/mol. The number of esters is 1. The number of hydrogen-bond donors (Lipinski definition) is 2. The van der Waals surface area contributed by atoms with Crippen molar-refractivity contribution in [3.8, 4) is 11.3 Å². The van der Waals surface area contributed by atoms with E-state index in [1.54, 1.807) is 30.3 Å². The lowest BCUT2D eigenvalue weighted by Crippen LogP contribution is -2.12. The minimum absolute atomic E-state index is 0.185. The molecule has 27 heavy (non-hydrogen) atoms. The van der Waals surface area contributed by atoms with Crippen LogP contribution in [0, 0.1) is 0 Å². The van der Waals surface area contributed by atoms with Crippen molar-refractivity contribution in [1.29, 1.82) is 0 Å². The molecular weight excluding hydrogens is 346 g/mol. The van der Waals surface area contributed by atoms with Gasteiger partial charge in [0.15, 0.2) is 0 Å². The molecule has 7 nitrogen and oxygen atoms in total. The summed E-state index contributed by atoms with van der Waals surface area (Å²) in [6, 6.07) is 14.5. The molecule has 1 amide bonds. The second-order valence-electron chi connectivity index (χ2n) is 6.01. The molecule has 3 rings (SSSR count). The number of H-pyrrole nitrogens is 1. The predicted octanol–water partition coefficient (Wildman–Crippen LogP) is 2.87. The highest BCUT2D eigenvalue weighted by atomic mass is 16.5. The fourth-order valence-electron chi connectivity index (χ4n) is 2.80. The van der Waals surface area contributed by atoms with E-state index in [0.29, 0.717) is 23.2 Å². The highest BCUT2D eigenvalue weighted by molar-refractivity contribution is 5.95. The summed E-state index contributed by atoms with van der Waals surface area (Å²) in [7, 11) is 1.32. The standard InChI is InChI=1S/C20H19N3O4/c1-27-18(25)11-5-10-17(24)21-14-7-4-6-13(12-14)19-15-8-2-3-9-16(15)20(26)23-22-19/h2-4,6-9,12H,5,10-11H2,1H3,(H,21,24)(H,23,26). The van der Waals surface area contributed by atoms with Crippen LogP contribution in [0.15, 0.2) is 53.3 Å². The van der Waals surface area contributed by atoms with Crippen molar-refractivity contribution < 1.29 is 14.3 Å². The Bertz CT molecular complexity index is 1040. The number of carbonyl (C=O) groups excluding carboxylic acids is 2. The van der Waals surface area contributed by atoms with E-state index in [-0.39, 0.29) is 30.3 Å². The summed E-state index contributed by atoms with van der Waals surface area (Å²) in [4.78, 5) is 35.1. The maximum atomic E-state index is 12.1. The molecule has 138 valence electrons. The molecule has 0 unspecified atom stereocenters. The van der Waals surface area contributed by atoms with Gasteiger partial charge in [0.25, 0.3) is 5.56 Å². The number of rotatable bonds is 6. The summed E-state index contributed by atoms with van der Waals surface area (Å²) >= 11 is 0. The van der Waals surface area contributed by atoms with Crippen LogP contribution >= 0.6 is 0 Å². The number of aromatic amines is 1. The fraction of sp³-hybridized carbons (Fsp3) is 0.200. The van der Waals surface area contributed by atoms with Gasteiger partial charge in [-0.1, -0.05) is 30.3 Å². The number of amides is 1. The molecule has 0 radical (unpaired) electrons. The zero-order chi connectivity index (χ0) is 19.2. The number of fused-ring (bicyclic) bond motifs is 1. The zero-order valence-corrected chi connectivity index (χ0v) is 14.8. The number of methoxy groups -OCH3 is 1. The average molecular weight is 365 g/mol. The lowest BCUT2D eigenvalue weighted by Gasteiger charge is -2.09. The molecule has 1 aromatic heterocycles. The number of aromatic nitrogens is 2. The molecule has 0 spiro atoms. The van der Waals surface area contributed by atoms with Gasteiger partial charge in [-0.05, 0) is 24.6 Å². The molecule has 0 aliphatic heterocycles. The first-order valence-electron chi connectivity index (χ1n) is 8.53. The van der Waals surface area contributed by atoms with E-state index < -0.39 is 0 Å². The van der Waals surface area contributed by atoms with E-state index in [9.17, 15) is 14.4 Å². The summed E-state index contributed by atoms with van der Waals surface area (Å²) in [5, 5.41) is 10.8. The van der Waals surface area contributed by atoms with Crippen LogP contribution in [0.25, 0.3) is 22.0 Å².